The predicted molar refractivity (Wildman–Crippen MR) is 121 cm³/mol. The standard InChI is InChI=1S/C23H24N4O3S/c1-2-30-18-9-11-19(12-10-18)31(28,29)26-16-14-25(15-17-26)23-22-8-5-13-27(22)21-7-4-3-6-20(21)24-23/h3-13H,2,14-17H2,1H3. The highest BCUT2D eigenvalue weighted by Crippen LogP contribution is 2.27. The van der Waals surface area contributed by atoms with E-state index in [1.54, 1.807) is 28.6 Å². The van der Waals surface area contributed by atoms with Crippen LogP contribution in [0, 0.1) is 0 Å². The summed E-state index contributed by atoms with van der Waals surface area (Å²) in [5.74, 6) is 1.56. The molecule has 0 atom stereocenters. The van der Waals surface area contributed by atoms with Crippen LogP contribution in [0.1, 0.15) is 6.92 Å². The third-order valence-corrected chi connectivity index (χ3v) is 7.57. The SMILES string of the molecule is CCOc1ccc(S(=O)(=O)N2CCN(c3nc4ccccc4n4cccc34)CC2)cc1. The molecular weight excluding hydrogens is 412 g/mol. The number of hydrogen-bond donors (Lipinski definition) is 0. The van der Waals surface area contributed by atoms with Crippen LogP contribution in [0.15, 0.2) is 71.8 Å². The number of hydrogen-bond acceptors (Lipinski definition) is 5. The fraction of sp³-hybridized carbons (Fsp3) is 0.261. The molecule has 8 heteroatoms. The van der Waals surface area contributed by atoms with Crippen LogP contribution in [-0.2, 0) is 10.0 Å². The number of rotatable bonds is 5. The molecule has 1 aliphatic heterocycles. The highest BCUT2D eigenvalue weighted by Gasteiger charge is 2.29. The van der Waals surface area contributed by atoms with Crippen LogP contribution in [-0.4, -0.2) is 54.9 Å². The van der Waals surface area contributed by atoms with Gasteiger partial charge >= 0.3 is 0 Å². The molecule has 0 saturated carbocycles. The van der Waals surface area contributed by atoms with Gasteiger partial charge in [-0.05, 0) is 55.5 Å². The number of fused-ring (bicyclic) bond motifs is 3. The third-order valence-electron chi connectivity index (χ3n) is 5.66. The average molecular weight is 437 g/mol. The molecule has 5 rings (SSSR count). The van der Waals surface area contributed by atoms with E-state index in [0.717, 1.165) is 22.4 Å². The van der Waals surface area contributed by atoms with Crippen LogP contribution in [0.25, 0.3) is 16.6 Å². The first kappa shape index (κ1) is 19.8. The lowest BCUT2D eigenvalue weighted by Gasteiger charge is -2.35. The minimum Gasteiger partial charge on any atom is -0.494 e. The second-order valence-corrected chi connectivity index (χ2v) is 9.42. The number of aromatic nitrogens is 2. The van der Waals surface area contributed by atoms with Crippen LogP contribution in [0.4, 0.5) is 5.82 Å². The van der Waals surface area contributed by atoms with Crippen molar-refractivity contribution >= 4 is 32.4 Å². The summed E-state index contributed by atoms with van der Waals surface area (Å²) < 4.78 is 35.3. The molecule has 0 unspecified atom stereocenters. The largest absolute Gasteiger partial charge is 0.494 e. The number of piperazine rings is 1. The van der Waals surface area contributed by atoms with Gasteiger partial charge in [0.15, 0.2) is 5.82 Å². The fourth-order valence-electron chi connectivity index (χ4n) is 4.10. The Morgan fingerprint density at radius 3 is 2.35 bits per heavy atom. The molecule has 4 aromatic rings. The molecule has 0 amide bonds. The van der Waals surface area contributed by atoms with Crippen LogP contribution in [0.2, 0.25) is 0 Å². The average Bonchev–Trinajstić information content (AvgIpc) is 3.30. The lowest BCUT2D eigenvalue weighted by Crippen LogP contribution is -2.49. The zero-order valence-corrected chi connectivity index (χ0v) is 18.1. The number of ether oxygens (including phenoxy) is 1. The van der Waals surface area contributed by atoms with Crippen molar-refractivity contribution < 1.29 is 13.2 Å². The molecule has 1 aliphatic rings. The van der Waals surface area contributed by atoms with E-state index < -0.39 is 10.0 Å². The van der Waals surface area contributed by atoms with Crippen LogP contribution in [0.5, 0.6) is 5.75 Å². The summed E-state index contributed by atoms with van der Waals surface area (Å²) in [7, 11) is -3.54. The Morgan fingerprint density at radius 1 is 0.903 bits per heavy atom. The van der Waals surface area contributed by atoms with Gasteiger partial charge in [0, 0.05) is 32.4 Å². The monoisotopic (exact) mass is 436 g/mol. The van der Waals surface area contributed by atoms with Crippen molar-refractivity contribution in [2.24, 2.45) is 0 Å². The Morgan fingerprint density at radius 2 is 1.61 bits per heavy atom. The zero-order chi connectivity index (χ0) is 21.4. The third kappa shape index (κ3) is 3.51. The maximum Gasteiger partial charge on any atom is 0.243 e. The normalized spacial score (nSPS) is 15.6. The summed E-state index contributed by atoms with van der Waals surface area (Å²) in [5.41, 5.74) is 3.01. The molecule has 7 nitrogen and oxygen atoms in total. The van der Waals surface area contributed by atoms with E-state index >= 15 is 0 Å². The molecule has 2 aromatic heterocycles. The molecule has 0 N–H and O–H groups in total. The Bertz CT molecular complexity index is 1320. The Balaban J connectivity index is 1.38. The second-order valence-electron chi connectivity index (χ2n) is 7.48. The molecule has 0 aliphatic carbocycles. The predicted octanol–water partition coefficient (Wildman–Crippen LogP) is 3.40. The van der Waals surface area contributed by atoms with Gasteiger partial charge in [0.1, 0.15) is 5.75 Å². The summed E-state index contributed by atoms with van der Waals surface area (Å²) in [6, 6.07) is 18.7. The molecular formula is C23H24N4O3S. The van der Waals surface area contributed by atoms with Crippen molar-refractivity contribution in [2.45, 2.75) is 11.8 Å². The summed E-state index contributed by atoms with van der Waals surface area (Å²) in [6.45, 7) is 4.45. The van der Waals surface area contributed by atoms with Gasteiger partial charge in [0.2, 0.25) is 10.0 Å². The maximum atomic E-state index is 13.1. The molecule has 0 radical (unpaired) electrons. The molecule has 1 saturated heterocycles. The van der Waals surface area contributed by atoms with Crippen LogP contribution in [0.3, 0.4) is 0 Å². The van der Waals surface area contributed by atoms with Gasteiger partial charge in [-0.15, -0.1) is 0 Å². The molecule has 3 heterocycles. The van der Waals surface area contributed by atoms with E-state index in [-0.39, 0.29) is 0 Å². The lowest BCUT2D eigenvalue weighted by molar-refractivity contribution is 0.340. The van der Waals surface area contributed by atoms with Crippen molar-refractivity contribution in [3.63, 3.8) is 0 Å². The highest BCUT2D eigenvalue weighted by atomic mass is 32.2. The number of sulfonamides is 1. The molecule has 2 aromatic carbocycles. The van der Waals surface area contributed by atoms with Gasteiger partial charge in [-0.1, -0.05) is 12.1 Å². The topological polar surface area (TPSA) is 67.2 Å². The Kier molecular flexibility index (Phi) is 5.03. The zero-order valence-electron chi connectivity index (χ0n) is 17.3. The molecule has 0 spiro atoms. The fourth-order valence-corrected chi connectivity index (χ4v) is 5.53. The Labute approximate surface area is 181 Å². The number of anilines is 1. The summed E-state index contributed by atoms with van der Waals surface area (Å²) in [6.07, 6.45) is 2.04. The molecule has 31 heavy (non-hydrogen) atoms. The van der Waals surface area contributed by atoms with Crippen molar-refractivity contribution in [3.05, 3.63) is 66.9 Å². The molecule has 0 bridgehead atoms. The van der Waals surface area contributed by atoms with Gasteiger partial charge in [-0.25, -0.2) is 13.4 Å². The molecule has 1 fully saturated rings. The first-order valence-corrected chi connectivity index (χ1v) is 11.9. The first-order chi connectivity index (χ1) is 15.1. The summed E-state index contributed by atoms with van der Waals surface area (Å²) >= 11 is 0. The smallest absolute Gasteiger partial charge is 0.243 e. The van der Waals surface area contributed by atoms with Crippen LogP contribution < -0.4 is 9.64 Å². The lowest BCUT2D eigenvalue weighted by atomic mass is 10.2. The number of benzene rings is 2. The summed E-state index contributed by atoms with van der Waals surface area (Å²) in [4.78, 5) is 7.36. The van der Waals surface area contributed by atoms with Gasteiger partial charge in [-0.2, -0.15) is 4.31 Å². The van der Waals surface area contributed by atoms with E-state index in [1.807, 2.05) is 37.4 Å². The van der Waals surface area contributed by atoms with Crippen molar-refractivity contribution in [1.29, 1.82) is 0 Å². The molecule has 160 valence electrons. The highest BCUT2D eigenvalue weighted by molar-refractivity contribution is 7.89. The summed E-state index contributed by atoms with van der Waals surface area (Å²) in [5, 5.41) is 0. The van der Waals surface area contributed by atoms with Gasteiger partial charge in [-0.3, -0.25) is 0 Å². The number of nitrogens with zero attached hydrogens (tertiary/aromatic N) is 4. The minimum absolute atomic E-state index is 0.294. The van der Waals surface area contributed by atoms with Crippen molar-refractivity contribution in [2.75, 3.05) is 37.7 Å². The van der Waals surface area contributed by atoms with Crippen LogP contribution >= 0.6 is 0 Å². The van der Waals surface area contributed by atoms with Crippen molar-refractivity contribution in [3.8, 4) is 5.75 Å². The second kappa shape index (κ2) is 7.86. The minimum atomic E-state index is -3.54. The van der Waals surface area contributed by atoms with Gasteiger partial charge < -0.3 is 14.0 Å². The maximum absolute atomic E-state index is 13.1. The van der Waals surface area contributed by atoms with Gasteiger partial charge in [0.25, 0.3) is 0 Å². The van der Waals surface area contributed by atoms with E-state index in [9.17, 15) is 8.42 Å². The Hall–Kier alpha value is -3.10. The first-order valence-electron chi connectivity index (χ1n) is 10.4. The van der Waals surface area contributed by atoms with Crippen molar-refractivity contribution in [1.82, 2.24) is 13.7 Å². The van der Waals surface area contributed by atoms with E-state index in [4.69, 9.17) is 9.72 Å². The van der Waals surface area contributed by atoms with E-state index in [2.05, 4.69) is 21.4 Å². The van der Waals surface area contributed by atoms with E-state index in [1.165, 1.54) is 0 Å². The van der Waals surface area contributed by atoms with Gasteiger partial charge in [0.05, 0.1) is 28.1 Å². The van der Waals surface area contributed by atoms with E-state index in [0.29, 0.717) is 43.4 Å². The quantitative estimate of drug-likeness (QED) is 0.480. The number of para-hydroxylation sites is 2.